The number of carboxylic acid groups (broad SMARTS) is 1. The molecule has 2 aromatic carbocycles. The van der Waals surface area contributed by atoms with E-state index in [1.54, 1.807) is 30.3 Å². The van der Waals surface area contributed by atoms with Crippen LogP contribution in [0.2, 0.25) is 10.0 Å². The molecule has 0 aliphatic heterocycles. The summed E-state index contributed by atoms with van der Waals surface area (Å²) in [4.78, 5) is 11.0. The van der Waals surface area contributed by atoms with Gasteiger partial charge in [-0.15, -0.1) is 0 Å². The molecule has 0 bridgehead atoms. The Balaban J connectivity index is 2.45. The van der Waals surface area contributed by atoms with E-state index in [-0.39, 0.29) is 11.3 Å². The molecule has 6 heteroatoms. The van der Waals surface area contributed by atoms with Gasteiger partial charge in [0.05, 0.1) is 32.7 Å². The summed E-state index contributed by atoms with van der Waals surface area (Å²) in [7, 11) is 0. The Morgan fingerprint density at radius 1 is 1.11 bits per heavy atom. The highest BCUT2D eigenvalue weighted by Crippen LogP contribution is 2.35. The van der Waals surface area contributed by atoms with E-state index in [1.165, 1.54) is 6.07 Å². The van der Waals surface area contributed by atoms with Crippen LogP contribution in [0.1, 0.15) is 10.4 Å². The van der Waals surface area contributed by atoms with E-state index in [4.69, 9.17) is 34.0 Å². The van der Waals surface area contributed by atoms with Gasteiger partial charge in [0.15, 0.2) is 0 Å². The minimum atomic E-state index is -1.09. The fraction of sp³-hybridized carbons (Fsp3) is 0. The van der Waals surface area contributed by atoms with Gasteiger partial charge in [0, 0.05) is 0 Å². The van der Waals surface area contributed by atoms with Crippen LogP contribution in [0, 0.1) is 0 Å². The van der Waals surface area contributed by atoms with Crippen LogP contribution in [0.15, 0.2) is 36.4 Å². The number of nitrogens with two attached hydrogens (primary N) is 1. The molecular formula is C13H10Cl2N2O2. The Bertz CT molecular complexity index is 624. The molecule has 0 saturated heterocycles. The first-order chi connectivity index (χ1) is 9.00. The maximum Gasteiger partial charge on any atom is 0.337 e. The normalized spacial score (nSPS) is 10.2. The topological polar surface area (TPSA) is 75.3 Å². The van der Waals surface area contributed by atoms with Crippen LogP contribution in [-0.4, -0.2) is 11.1 Å². The maximum absolute atomic E-state index is 11.0. The van der Waals surface area contributed by atoms with Crippen LogP contribution in [0.4, 0.5) is 17.1 Å². The molecule has 0 unspecified atom stereocenters. The molecule has 4 N–H and O–H groups in total. The van der Waals surface area contributed by atoms with Gasteiger partial charge in [0.1, 0.15) is 0 Å². The van der Waals surface area contributed by atoms with Gasteiger partial charge in [-0.1, -0.05) is 35.3 Å². The monoisotopic (exact) mass is 296 g/mol. The van der Waals surface area contributed by atoms with Gasteiger partial charge in [-0.3, -0.25) is 0 Å². The van der Waals surface area contributed by atoms with Crippen molar-refractivity contribution in [1.29, 1.82) is 0 Å². The standard InChI is InChI=1S/C13H10Cl2N2O2/c14-8-4-2-5-9(15)12(8)17-10-6-1-3-7(11(10)16)13(18)19/h1-6,17H,16H2,(H,18,19). The summed E-state index contributed by atoms with van der Waals surface area (Å²) in [6.07, 6.45) is 0. The Kier molecular flexibility index (Phi) is 3.83. The average molecular weight is 297 g/mol. The van der Waals surface area contributed by atoms with Gasteiger partial charge in [-0.05, 0) is 24.3 Å². The zero-order valence-corrected chi connectivity index (χ0v) is 11.2. The molecule has 98 valence electrons. The van der Waals surface area contributed by atoms with E-state index in [2.05, 4.69) is 5.32 Å². The number of nitrogen functional groups attached to an aromatic ring is 1. The highest BCUT2D eigenvalue weighted by molar-refractivity contribution is 6.39. The van der Waals surface area contributed by atoms with Crippen molar-refractivity contribution in [1.82, 2.24) is 0 Å². The molecule has 0 aliphatic rings. The quantitative estimate of drug-likeness (QED) is 0.748. The largest absolute Gasteiger partial charge is 0.478 e. The molecule has 4 nitrogen and oxygen atoms in total. The first-order valence-corrected chi connectivity index (χ1v) is 6.09. The van der Waals surface area contributed by atoms with Crippen molar-refractivity contribution in [3.05, 3.63) is 52.0 Å². The number of hydrogen-bond acceptors (Lipinski definition) is 3. The second kappa shape index (κ2) is 5.38. The van der Waals surface area contributed by atoms with Crippen LogP contribution >= 0.6 is 23.2 Å². The summed E-state index contributed by atoms with van der Waals surface area (Å²) in [5.74, 6) is -1.09. The first kappa shape index (κ1) is 13.5. The van der Waals surface area contributed by atoms with Crippen LogP contribution in [-0.2, 0) is 0 Å². The second-order valence-electron chi connectivity index (χ2n) is 3.79. The molecule has 0 spiro atoms. The number of benzene rings is 2. The third kappa shape index (κ3) is 2.75. The smallest absolute Gasteiger partial charge is 0.337 e. The van der Waals surface area contributed by atoms with Crippen molar-refractivity contribution in [2.75, 3.05) is 11.1 Å². The van der Waals surface area contributed by atoms with Crippen molar-refractivity contribution in [3.63, 3.8) is 0 Å². The van der Waals surface area contributed by atoms with Crippen LogP contribution in [0.3, 0.4) is 0 Å². The molecule has 0 aliphatic carbocycles. The molecule has 2 rings (SSSR count). The number of carboxylic acids is 1. The molecular weight excluding hydrogens is 287 g/mol. The van der Waals surface area contributed by atoms with Crippen molar-refractivity contribution < 1.29 is 9.90 Å². The Morgan fingerprint density at radius 2 is 1.68 bits per heavy atom. The van der Waals surface area contributed by atoms with Crippen molar-refractivity contribution in [2.45, 2.75) is 0 Å². The Labute approximate surface area is 119 Å². The number of para-hydroxylation sites is 2. The molecule has 0 fully saturated rings. The van der Waals surface area contributed by atoms with Gasteiger partial charge >= 0.3 is 5.97 Å². The van der Waals surface area contributed by atoms with Crippen LogP contribution in [0.5, 0.6) is 0 Å². The molecule has 0 radical (unpaired) electrons. The molecule has 0 amide bonds. The fourth-order valence-corrected chi connectivity index (χ4v) is 2.10. The average Bonchev–Trinajstić information content (AvgIpc) is 2.35. The molecule has 0 saturated carbocycles. The SMILES string of the molecule is Nc1c(Nc2c(Cl)cccc2Cl)cccc1C(=O)O. The summed E-state index contributed by atoms with van der Waals surface area (Å²) >= 11 is 12.1. The predicted octanol–water partition coefficient (Wildman–Crippen LogP) is 4.02. The summed E-state index contributed by atoms with van der Waals surface area (Å²) in [5, 5.41) is 12.8. The van der Waals surface area contributed by atoms with Gasteiger partial charge in [0.25, 0.3) is 0 Å². The van der Waals surface area contributed by atoms with Crippen LogP contribution in [0.25, 0.3) is 0 Å². The minimum absolute atomic E-state index is 0.0215. The lowest BCUT2D eigenvalue weighted by Gasteiger charge is -2.13. The van der Waals surface area contributed by atoms with Crippen molar-refractivity contribution in [2.24, 2.45) is 0 Å². The number of aromatic carboxylic acids is 1. The highest BCUT2D eigenvalue weighted by atomic mass is 35.5. The number of halogens is 2. The molecule has 0 heterocycles. The lowest BCUT2D eigenvalue weighted by Crippen LogP contribution is -2.05. The number of nitrogens with one attached hydrogen (secondary N) is 1. The van der Waals surface area contributed by atoms with Gasteiger partial charge < -0.3 is 16.2 Å². The lowest BCUT2D eigenvalue weighted by molar-refractivity contribution is 0.0698. The zero-order valence-electron chi connectivity index (χ0n) is 9.65. The van der Waals surface area contributed by atoms with E-state index in [9.17, 15) is 4.79 Å². The summed E-state index contributed by atoms with van der Waals surface area (Å²) in [5.41, 5.74) is 6.88. The molecule has 0 aromatic heterocycles. The molecule has 0 atom stereocenters. The third-order valence-corrected chi connectivity index (χ3v) is 3.19. The number of carbonyl (C=O) groups is 1. The van der Waals surface area contributed by atoms with E-state index < -0.39 is 5.97 Å². The second-order valence-corrected chi connectivity index (χ2v) is 4.61. The van der Waals surface area contributed by atoms with Gasteiger partial charge in [0.2, 0.25) is 0 Å². The zero-order chi connectivity index (χ0) is 14.0. The molecule has 2 aromatic rings. The van der Waals surface area contributed by atoms with E-state index in [0.717, 1.165) is 0 Å². The predicted molar refractivity (Wildman–Crippen MR) is 77.6 cm³/mol. The number of rotatable bonds is 3. The van der Waals surface area contributed by atoms with Crippen molar-refractivity contribution >= 4 is 46.2 Å². The number of anilines is 3. The van der Waals surface area contributed by atoms with Crippen LogP contribution < -0.4 is 11.1 Å². The minimum Gasteiger partial charge on any atom is -0.478 e. The van der Waals surface area contributed by atoms with E-state index >= 15 is 0 Å². The highest BCUT2D eigenvalue weighted by Gasteiger charge is 2.13. The Morgan fingerprint density at radius 3 is 2.26 bits per heavy atom. The van der Waals surface area contributed by atoms with Gasteiger partial charge in [-0.2, -0.15) is 0 Å². The van der Waals surface area contributed by atoms with E-state index in [0.29, 0.717) is 21.4 Å². The van der Waals surface area contributed by atoms with Gasteiger partial charge in [-0.25, -0.2) is 4.79 Å². The summed E-state index contributed by atoms with van der Waals surface area (Å²) < 4.78 is 0. The lowest BCUT2D eigenvalue weighted by atomic mass is 10.1. The van der Waals surface area contributed by atoms with Crippen molar-refractivity contribution in [3.8, 4) is 0 Å². The number of hydrogen-bond donors (Lipinski definition) is 3. The third-order valence-electron chi connectivity index (χ3n) is 2.56. The fourth-order valence-electron chi connectivity index (χ4n) is 1.61. The first-order valence-electron chi connectivity index (χ1n) is 5.33. The molecule has 19 heavy (non-hydrogen) atoms. The maximum atomic E-state index is 11.0. The Hall–Kier alpha value is -1.91. The van der Waals surface area contributed by atoms with E-state index in [1.807, 2.05) is 0 Å². The summed E-state index contributed by atoms with van der Waals surface area (Å²) in [6, 6.07) is 9.73. The summed E-state index contributed by atoms with van der Waals surface area (Å²) in [6.45, 7) is 0.